The summed E-state index contributed by atoms with van der Waals surface area (Å²) >= 11 is 0. The number of amides is 1. The van der Waals surface area contributed by atoms with Crippen LogP contribution in [0.1, 0.15) is 49.0 Å². The van der Waals surface area contributed by atoms with Crippen molar-refractivity contribution in [3.63, 3.8) is 0 Å². The molecule has 1 saturated carbocycles. The van der Waals surface area contributed by atoms with Gasteiger partial charge in [0.15, 0.2) is 11.5 Å². The van der Waals surface area contributed by atoms with Crippen molar-refractivity contribution in [2.24, 2.45) is 0 Å². The fraction of sp³-hybridized carbons (Fsp3) is 0.364. The number of rotatable bonds is 4. The molecule has 0 aliphatic heterocycles. The van der Waals surface area contributed by atoms with Crippen molar-refractivity contribution < 1.29 is 14.6 Å². The van der Waals surface area contributed by atoms with E-state index in [0.29, 0.717) is 22.8 Å². The van der Waals surface area contributed by atoms with E-state index in [0.717, 1.165) is 36.6 Å². The molecule has 2 N–H and O–H groups in total. The number of benzene rings is 1. The Balaban J connectivity index is 1.45. The molecule has 1 aliphatic rings. The lowest BCUT2D eigenvalue weighted by Gasteiger charge is -2.33. The predicted molar refractivity (Wildman–Crippen MR) is 115 cm³/mol. The number of nitrogens with one attached hydrogen (secondary N) is 1. The van der Waals surface area contributed by atoms with E-state index in [1.54, 1.807) is 35.1 Å². The molecule has 0 saturated heterocycles. The smallest absolute Gasteiger partial charge is 0.260 e. The molecular formula is C22H24N6O3. The number of fused-ring (bicyclic) bond motifs is 2. The van der Waals surface area contributed by atoms with Gasteiger partial charge in [-0.3, -0.25) is 9.48 Å². The fourth-order valence-electron chi connectivity index (χ4n) is 4.19. The van der Waals surface area contributed by atoms with Crippen LogP contribution in [0.2, 0.25) is 0 Å². The van der Waals surface area contributed by atoms with Crippen LogP contribution in [0.4, 0.5) is 5.82 Å². The Labute approximate surface area is 178 Å². The van der Waals surface area contributed by atoms with Gasteiger partial charge < -0.3 is 15.2 Å². The second kappa shape index (κ2) is 7.35. The van der Waals surface area contributed by atoms with Gasteiger partial charge in [0.1, 0.15) is 5.75 Å². The molecule has 0 atom stereocenters. The highest BCUT2D eigenvalue weighted by Gasteiger charge is 2.30. The summed E-state index contributed by atoms with van der Waals surface area (Å²) in [5, 5.41) is 22.9. The highest BCUT2D eigenvalue weighted by molar-refractivity contribution is 6.08. The van der Waals surface area contributed by atoms with Crippen LogP contribution < -0.4 is 10.1 Å². The van der Waals surface area contributed by atoms with Crippen molar-refractivity contribution in [2.45, 2.75) is 44.2 Å². The average Bonchev–Trinajstić information content (AvgIpc) is 3.36. The third kappa shape index (κ3) is 3.61. The quantitative estimate of drug-likeness (QED) is 0.525. The van der Waals surface area contributed by atoms with Crippen molar-refractivity contribution in [2.75, 3.05) is 12.4 Å². The molecule has 9 heteroatoms. The van der Waals surface area contributed by atoms with Gasteiger partial charge >= 0.3 is 0 Å². The van der Waals surface area contributed by atoms with Crippen LogP contribution in [0, 0.1) is 0 Å². The number of carbonyl (C=O) groups excluding carboxylic acids is 1. The molecule has 0 bridgehead atoms. The maximum Gasteiger partial charge on any atom is 0.260 e. The summed E-state index contributed by atoms with van der Waals surface area (Å²) in [6.07, 6.45) is 8.40. The largest absolute Gasteiger partial charge is 0.496 e. The second-order valence-electron chi connectivity index (χ2n) is 8.34. The highest BCUT2D eigenvalue weighted by Crippen LogP contribution is 2.35. The second-order valence-corrected chi connectivity index (χ2v) is 8.34. The lowest BCUT2D eigenvalue weighted by atomic mass is 9.84. The number of aliphatic hydroxyl groups is 1. The number of imidazole rings is 1. The number of hydrogen-bond acceptors (Lipinski definition) is 6. The van der Waals surface area contributed by atoms with Crippen LogP contribution in [0.3, 0.4) is 0 Å². The van der Waals surface area contributed by atoms with Crippen LogP contribution in [0.5, 0.6) is 5.75 Å². The predicted octanol–water partition coefficient (Wildman–Crippen LogP) is 3.21. The van der Waals surface area contributed by atoms with Crippen LogP contribution in [0.25, 0.3) is 16.6 Å². The summed E-state index contributed by atoms with van der Waals surface area (Å²) in [5.41, 5.74) is 1.23. The minimum absolute atomic E-state index is 0.236. The molecule has 0 unspecified atom stereocenters. The minimum atomic E-state index is -0.593. The molecule has 5 rings (SSSR count). The number of nitrogens with zero attached hydrogens (tertiary/aromatic N) is 5. The molecule has 1 fully saturated rings. The molecule has 3 heterocycles. The molecule has 160 valence electrons. The van der Waals surface area contributed by atoms with Gasteiger partial charge in [-0.1, -0.05) is 0 Å². The van der Waals surface area contributed by atoms with Gasteiger partial charge in [0.25, 0.3) is 5.91 Å². The zero-order chi connectivity index (χ0) is 21.6. The lowest BCUT2D eigenvalue weighted by molar-refractivity contribution is 0.00860. The zero-order valence-corrected chi connectivity index (χ0v) is 17.4. The van der Waals surface area contributed by atoms with Gasteiger partial charge in [-0.05, 0) is 50.8 Å². The van der Waals surface area contributed by atoms with Crippen LogP contribution >= 0.6 is 0 Å². The number of carbonyl (C=O) groups is 1. The Bertz CT molecular complexity index is 1260. The van der Waals surface area contributed by atoms with Crippen molar-refractivity contribution in [1.29, 1.82) is 0 Å². The minimum Gasteiger partial charge on any atom is -0.496 e. The van der Waals surface area contributed by atoms with E-state index in [1.165, 1.54) is 7.11 Å². The standard InChI is InChI=1S/C22H24N6O3/c1-22(30)7-5-15(6-8-22)27-13-14-10-16(18(31-2)11-17(14)26-27)21(29)25-20-12-23-19-4-3-9-24-28(19)20/h3-4,9-13,15,30H,5-8H2,1-2H3,(H,25,29). The van der Waals surface area contributed by atoms with Gasteiger partial charge in [-0.25, -0.2) is 4.98 Å². The lowest BCUT2D eigenvalue weighted by Crippen LogP contribution is -2.31. The molecule has 1 amide bonds. The van der Waals surface area contributed by atoms with Gasteiger partial charge in [0.2, 0.25) is 0 Å². The molecular weight excluding hydrogens is 396 g/mol. The van der Waals surface area contributed by atoms with E-state index in [4.69, 9.17) is 9.84 Å². The van der Waals surface area contributed by atoms with E-state index < -0.39 is 5.60 Å². The van der Waals surface area contributed by atoms with Gasteiger partial charge in [-0.15, -0.1) is 0 Å². The van der Waals surface area contributed by atoms with Crippen LogP contribution in [0.15, 0.2) is 42.9 Å². The highest BCUT2D eigenvalue weighted by atomic mass is 16.5. The summed E-state index contributed by atoms with van der Waals surface area (Å²) in [5.74, 6) is 0.615. The molecule has 9 nitrogen and oxygen atoms in total. The topological polar surface area (TPSA) is 107 Å². The Kier molecular flexibility index (Phi) is 4.62. The average molecular weight is 420 g/mol. The summed E-state index contributed by atoms with van der Waals surface area (Å²) in [4.78, 5) is 17.3. The maximum absolute atomic E-state index is 13.0. The number of ether oxygens (including phenoxy) is 1. The first-order chi connectivity index (χ1) is 14.9. The van der Waals surface area contributed by atoms with Crippen LogP contribution in [-0.4, -0.2) is 48.1 Å². The molecule has 1 aromatic carbocycles. The normalized spacial score (nSPS) is 21.5. The van der Waals surface area contributed by atoms with E-state index in [2.05, 4.69) is 15.4 Å². The van der Waals surface area contributed by atoms with Crippen molar-refractivity contribution in [3.8, 4) is 5.75 Å². The first-order valence-corrected chi connectivity index (χ1v) is 10.3. The molecule has 1 aliphatic carbocycles. The SMILES string of the molecule is COc1cc2nn(C3CCC(C)(O)CC3)cc2cc1C(=O)Nc1cnc2cccnn12. The number of methoxy groups -OCH3 is 1. The van der Waals surface area contributed by atoms with E-state index >= 15 is 0 Å². The number of hydrogen-bond donors (Lipinski definition) is 2. The molecule has 31 heavy (non-hydrogen) atoms. The van der Waals surface area contributed by atoms with E-state index in [1.807, 2.05) is 23.9 Å². The Morgan fingerprint density at radius 2 is 2.13 bits per heavy atom. The third-order valence-electron chi connectivity index (χ3n) is 6.01. The van der Waals surface area contributed by atoms with Crippen molar-refractivity contribution in [1.82, 2.24) is 24.4 Å². The van der Waals surface area contributed by atoms with Gasteiger partial charge in [0.05, 0.1) is 36.0 Å². The van der Waals surface area contributed by atoms with E-state index in [9.17, 15) is 9.90 Å². The monoisotopic (exact) mass is 420 g/mol. The summed E-state index contributed by atoms with van der Waals surface area (Å²) in [7, 11) is 1.54. The molecule has 3 aromatic heterocycles. The summed E-state index contributed by atoms with van der Waals surface area (Å²) in [6.45, 7) is 1.89. The fourth-order valence-corrected chi connectivity index (χ4v) is 4.19. The van der Waals surface area contributed by atoms with Crippen molar-refractivity contribution >= 4 is 28.3 Å². The maximum atomic E-state index is 13.0. The Morgan fingerprint density at radius 3 is 2.90 bits per heavy atom. The third-order valence-corrected chi connectivity index (χ3v) is 6.01. The summed E-state index contributed by atoms with van der Waals surface area (Å²) < 4.78 is 9.00. The Morgan fingerprint density at radius 1 is 1.32 bits per heavy atom. The molecule has 0 radical (unpaired) electrons. The molecule has 0 spiro atoms. The van der Waals surface area contributed by atoms with Gasteiger partial charge in [-0.2, -0.15) is 14.7 Å². The zero-order valence-electron chi connectivity index (χ0n) is 17.4. The first kappa shape index (κ1) is 19.5. The summed E-state index contributed by atoms with van der Waals surface area (Å²) in [6, 6.07) is 7.42. The van der Waals surface area contributed by atoms with Crippen LogP contribution in [-0.2, 0) is 0 Å². The van der Waals surface area contributed by atoms with Crippen molar-refractivity contribution in [3.05, 3.63) is 48.4 Å². The molecule has 4 aromatic rings. The Hall–Kier alpha value is -3.46. The van der Waals surface area contributed by atoms with Gasteiger partial charge in [0, 0.05) is 23.8 Å². The number of anilines is 1. The number of aromatic nitrogens is 5. The first-order valence-electron chi connectivity index (χ1n) is 10.3. The van der Waals surface area contributed by atoms with E-state index in [-0.39, 0.29) is 11.9 Å².